The third-order valence-electron chi connectivity index (χ3n) is 4.32. The highest BCUT2D eigenvalue weighted by atomic mass is 32.1. The van der Waals surface area contributed by atoms with Crippen LogP contribution in [0, 0.1) is 5.82 Å². The number of carbonyl (C=O) groups is 1. The molecule has 0 aliphatic carbocycles. The van der Waals surface area contributed by atoms with Crippen molar-refractivity contribution in [2.75, 3.05) is 12.4 Å². The summed E-state index contributed by atoms with van der Waals surface area (Å²) in [6.45, 7) is 0. The van der Waals surface area contributed by atoms with E-state index < -0.39 is 11.7 Å². The number of ether oxygens (including phenoxy) is 1. The molecule has 0 saturated carbocycles. The molecule has 0 bridgehead atoms. The Labute approximate surface area is 176 Å². The second-order valence-electron chi connectivity index (χ2n) is 6.32. The largest absolute Gasteiger partial charge is 0.495 e. The number of nitrogens with zero attached hydrogens (tertiary/aromatic N) is 1. The summed E-state index contributed by atoms with van der Waals surface area (Å²) < 4.78 is 24.2. The molecule has 4 aromatic rings. The number of oxazole rings is 1. The highest BCUT2D eigenvalue weighted by Gasteiger charge is 2.14. The molecule has 30 heavy (non-hydrogen) atoms. The zero-order chi connectivity index (χ0) is 21.1. The molecule has 4 rings (SSSR count). The molecule has 3 aromatic carbocycles. The summed E-state index contributed by atoms with van der Waals surface area (Å²) >= 11 is 5.25. The van der Waals surface area contributed by atoms with E-state index in [9.17, 15) is 9.18 Å². The Balaban J connectivity index is 1.55. The van der Waals surface area contributed by atoms with E-state index in [4.69, 9.17) is 21.4 Å². The van der Waals surface area contributed by atoms with Gasteiger partial charge >= 0.3 is 0 Å². The standard InChI is InChI=1S/C22H16FN3O3S/c1-28-18-11-8-14(21-24-16-4-2-3-5-19(16)29-21)12-17(18)25-22(30)26-20(27)13-6-9-15(23)10-7-13/h2-12H,1H3,(H2,25,26,27,30). The van der Waals surface area contributed by atoms with Crippen molar-refractivity contribution in [3.8, 4) is 17.2 Å². The van der Waals surface area contributed by atoms with Gasteiger partial charge in [-0.2, -0.15) is 0 Å². The maximum Gasteiger partial charge on any atom is 0.257 e. The fourth-order valence-electron chi connectivity index (χ4n) is 2.86. The normalized spacial score (nSPS) is 10.6. The molecule has 1 heterocycles. The van der Waals surface area contributed by atoms with Crippen molar-refractivity contribution < 1.29 is 18.3 Å². The Morgan fingerprint density at radius 1 is 1.10 bits per heavy atom. The van der Waals surface area contributed by atoms with E-state index in [1.54, 1.807) is 12.1 Å². The molecule has 0 saturated heterocycles. The number of anilines is 1. The van der Waals surface area contributed by atoms with Crippen molar-refractivity contribution in [3.05, 3.63) is 78.1 Å². The van der Waals surface area contributed by atoms with Crippen molar-refractivity contribution in [1.29, 1.82) is 0 Å². The number of rotatable bonds is 4. The Kier molecular flexibility index (Phi) is 5.40. The van der Waals surface area contributed by atoms with Gasteiger partial charge in [-0.25, -0.2) is 9.37 Å². The highest BCUT2D eigenvalue weighted by molar-refractivity contribution is 7.80. The number of benzene rings is 3. The van der Waals surface area contributed by atoms with Crippen LogP contribution in [-0.2, 0) is 0 Å². The Morgan fingerprint density at radius 2 is 1.87 bits per heavy atom. The minimum atomic E-state index is -0.457. The number of halogens is 1. The molecule has 6 nitrogen and oxygen atoms in total. The van der Waals surface area contributed by atoms with Gasteiger partial charge in [-0.15, -0.1) is 0 Å². The van der Waals surface area contributed by atoms with Crippen LogP contribution in [0.2, 0.25) is 0 Å². The zero-order valence-corrected chi connectivity index (χ0v) is 16.6. The molecular formula is C22H16FN3O3S. The van der Waals surface area contributed by atoms with Gasteiger partial charge in [-0.3, -0.25) is 10.1 Å². The first kappa shape index (κ1) is 19.5. The lowest BCUT2D eigenvalue weighted by Crippen LogP contribution is -2.34. The van der Waals surface area contributed by atoms with Crippen LogP contribution in [0.5, 0.6) is 5.75 Å². The van der Waals surface area contributed by atoms with Gasteiger partial charge in [-0.05, 0) is 66.8 Å². The van der Waals surface area contributed by atoms with Gasteiger partial charge < -0.3 is 14.5 Å². The number of para-hydroxylation sites is 2. The van der Waals surface area contributed by atoms with Gasteiger partial charge in [0.05, 0.1) is 12.8 Å². The monoisotopic (exact) mass is 421 g/mol. The van der Waals surface area contributed by atoms with Crippen molar-refractivity contribution in [2.24, 2.45) is 0 Å². The topological polar surface area (TPSA) is 76.4 Å². The Hall–Kier alpha value is -3.78. The molecule has 0 fully saturated rings. The van der Waals surface area contributed by atoms with E-state index >= 15 is 0 Å². The van der Waals surface area contributed by atoms with Crippen molar-refractivity contribution in [1.82, 2.24) is 10.3 Å². The quantitative estimate of drug-likeness (QED) is 0.463. The third kappa shape index (κ3) is 4.13. The molecule has 2 N–H and O–H groups in total. The van der Waals surface area contributed by atoms with Crippen molar-refractivity contribution in [2.45, 2.75) is 0 Å². The molecule has 1 amide bonds. The van der Waals surface area contributed by atoms with Crippen molar-refractivity contribution >= 4 is 40.0 Å². The summed E-state index contributed by atoms with van der Waals surface area (Å²) in [6, 6.07) is 18.0. The third-order valence-corrected chi connectivity index (χ3v) is 4.53. The summed E-state index contributed by atoms with van der Waals surface area (Å²) in [5, 5.41) is 5.58. The first-order chi connectivity index (χ1) is 14.5. The van der Waals surface area contributed by atoms with E-state index in [1.165, 1.54) is 31.4 Å². The number of amides is 1. The number of nitrogens with one attached hydrogen (secondary N) is 2. The van der Waals surface area contributed by atoms with Gasteiger partial charge in [-0.1, -0.05) is 12.1 Å². The molecule has 0 aliphatic heterocycles. The van der Waals surface area contributed by atoms with E-state index in [2.05, 4.69) is 15.6 Å². The molecule has 0 spiro atoms. The summed E-state index contributed by atoms with van der Waals surface area (Å²) in [5.41, 5.74) is 2.95. The van der Waals surface area contributed by atoms with Crippen LogP contribution in [-0.4, -0.2) is 23.1 Å². The van der Waals surface area contributed by atoms with Crippen LogP contribution in [0.4, 0.5) is 10.1 Å². The number of aromatic nitrogens is 1. The SMILES string of the molecule is COc1ccc(-c2nc3ccccc3o2)cc1NC(=S)NC(=O)c1ccc(F)cc1. The minimum absolute atomic E-state index is 0.0670. The van der Waals surface area contributed by atoms with Crippen LogP contribution in [0.15, 0.2) is 71.1 Å². The summed E-state index contributed by atoms with van der Waals surface area (Å²) in [6.07, 6.45) is 0. The maximum absolute atomic E-state index is 13.0. The predicted octanol–water partition coefficient (Wildman–Crippen LogP) is 4.77. The average molecular weight is 421 g/mol. The predicted molar refractivity (Wildman–Crippen MR) is 116 cm³/mol. The summed E-state index contributed by atoms with van der Waals surface area (Å²) in [7, 11) is 1.53. The van der Waals surface area contributed by atoms with E-state index in [0.717, 1.165) is 5.52 Å². The molecule has 0 unspecified atom stereocenters. The lowest BCUT2D eigenvalue weighted by atomic mass is 10.2. The number of methoxy groups -OCH3 is 1. The molecule has 8 heteroatoms. The number of hydrogen-bond acceptors (Lipinski definition) is 5. The fourth-order valence-corrected chi connectivity index (χ4v) is 3.07. The van der Waals surface area contributed by atoms with Gasteiger partial charge in [0.15, 0.2) is 10.7 Å². The Morgan fingerprint density at radius 3 is 2.60 bits per heavy atom. The smallest absolute Gasteiger partial charge is 0.257 e. The maximum atomic E-state index is 13.0. The van der Waals surface area contributed by atoms with Crippen LogP contribution in [0.25, 0.3) is 22.6 Å². The lowest BCUT2D eigenvalue weighted by molar-refractivity contribution is 0.0977. The molecule has 0 radical (unpaired) electrons. The van der Waals surface area contributed by atoms with Crippen LogP contribution in [0.3, 0.4) is 0 Å². The molecule has 0 atom stereocenters. The lowest BCUT2D eigenvalue weighted by Gasteiger charge is -2.13. The average Bonchev–Trinajstić information content (AvgIpc) is 3.18. The summed E-state index contributed by atoms with van der Waals surface area (Å²) in [4.78, 5) is 16.8. The van der Waals surface area contributed by atoms with Gasteiger partial charge in [0.1, 0.15) is 17.1 Å². The van der Waals surface area contributed by atoms with E-state index in [-0.39, 0.29) is 10.7 Å². The van der Waals surface area contributed by atoms with Crippen LogP contribution in [0.1, 0.15) is 10.4 Å². The molecule has 1 aromatic heterocycles. The minimum Gasteiger partial charge on any atom is -0.495 e. The molecule has 0 aliphatic rings. The van der Waals surface area contributed by atoms with E-state index in [0.29, 0.717) is 28.5 Å². The highest BCUT2D eigenvalue weighted by Crippen LogP contribution is 2.31. The van der Waals surface area contributed by atoms with Gasteiger partial charge in [0, 0.05) is 11.1 Å². The number of fused-ring (bicyclic) bond motifs is 1. The van der Waals surface area contributed by atoms with E-state index in [1.807, 2.05) is 30.3 Å². The number of carbonyl (C=O) groups excluding carboxylic acids is 1. The fraction of sp³-hybridized carbons (Fsp3) is 0.0455. The van der Waals surface area contributed by atoms with Crippen molar-refractivity contribution in [3.63, 3.8) is 0 Å². The number of thiocarbonyl (C=S) groups is 1. The second kappa shape index (κ2) is 8.30. The van der Waals surface area contributed by atoms with Crippen LogP contribution >= 0.6 is 12.2 Å². The van der Waals surface area contributed by atoms with Gasteiger partial charge in [0.25, 0.3) is 5.91 Å². The second-order valence-corrected chi connectivity index (χ2v) is 6.73. The number of hydrogen-bond donors (Lipinski definition) is 2. The van der Waals surface area contributed by atoms with Crippen LogP contribution < -0.4 is 15.4 Å². The molecular weight excluding hydrogens is 405 g/mol. The zero-order valence-electron chi connectivity index (χ0n) is 15.8. The Bertz CT molecular complexity index is 1210. The first-order valence-electron chi connectivity index (χ1n) is 8.95. The van der Waals surface area contributed by atoms with Gasteiger partial charge in [0.2, 0.25) is 5.89 Å². The molecule has 150 valence electrons. The summed E-state index contributed by atoms with van der Waals surface area (Å²) in [5.74, 6) is 0.0889. The first-order valence-corrected chi connectivity index (χ1v) is 9.36.